The number of nitrogens with one attached hydrogen (secondary N) is 2. The smallest absolute Gasteiger partial charge is 0.319 e. The summed E-state index contributed by atoms with van der Waals surface area (Å²) >= 11 is 1.54. The van der Waals surface area contributed by atoms with E-state index in [1.807, 2.05) is 54.6 Å². The number of rotatable bonds is 5. The average Bonchev–Trinajstić information content (AvgIpc) is 2.92. The lowest BCUT2D eigenvalue weighted by Crippen LogP contribution is -2.29. The van der Waals surface area contributed by atoms with E-state index in [-0.39, 0.29) is 11.9 Å². The maximum Gasteiger partial charge on any atom is 0.319 e. The lowest BCUT2D eigenvalue weighted by atomic mass is 10.2. The molecular weight excluding hydrogens is 426 g/mol. The summed E-state index contributed by atoms with van der Waals surface area (Å²) in [6.07, 6.45) is 0. The lowest BCUT2D eigenvalue weighted by molar-refractivity contribution is 0.0990. The molecule has 0 saturated carbocycles. The summed E-state index contributed by atoms with van der Waals surface area (Å²) in [7, 11) is 4.88. The van der Waals surface area contributed by atoms with Crippen LogP contribution in [0, 0.1) is 0 Å². The normalized spacial score (nSPS) is 12.3. The molecule has 164 valence electrons. The Kier molecular flexibility index (Phi) is 6.23. The van der Waals surface area contributed by atoms with Gasteiger partial charge in [-0.05, 0) is 48.0 Å². The summed E-state index contributed by atoms with van der Waals surface area (Å²) in [5, 5.41) is 5.67. The molecule has 3 aromatic carbocycles. The van der Waals surface area contributed by atoms with Gasteiger partial charge < -0.3 is 25.0 Å². The average molecular weight is 450 g/mol. The standard InChI is InChI=1S/C24H23N3O4S/c1-27-18-13-16(9-11-22(18)32-21-7-5-4-6-17(21)23(27)28)26-24(29)25-14-15-8-10-19(30-2)20(12-15)31-3/h4-13H,14H2,1-3H3,(H2,25,26,29). The number of hydrogen-bond acceptors (Lipinski definition) is 5. The van der Waals surface area contributed by atoms with Crippen molar-refractivity contribution in [3.63, 3.8) is 0 Å². The Morgan fingerprint density at radius 3 is 2.53 bits per heavy atom. The number of amides is 3. The zero-order valence-corrected chi connectivity index (χ0v) is 18.8. The van der Waals surface area contributed by atoms with Gasteiger partial charge in [0, 0.05) is 29.1 Å². The minimum atomic E-state index is -0.349. The van der Waals surface area contributed by atoms with Gasteiger partial charge in [0.2, 0.25) is 0 Å². The van der Waals surface area contributed by atoms with E-state index >= 15 is 0 Å². The summed E-state index contributed by atoms with van der Waals surface area (Å²) in [4.78, 5) is 28.8. The molecule has 0 atom stereocenters. The molecule has 8 heteroatoms. The van der Waals surface area contributed by atoms with Crippen molar-refractivity contribution >= 4 is 35.1 Å². The van der Waals surface area contributed by atoms with Gasteiger partial charge in [-0.1, -0.05) is 30.0 Å². The quantitative estimate of drug-likeness (QED) is 0.587. The van der Waals surface area contributed by atoms with Gasteiger partial charge in [-0.3, -0.25) is 4.79 Å². The van der Waals surface area contributed by atoms with E-state index in [2.05, 4.69) is 10.6 Å². The van der Waals surface area contributed by atoms with Crippen molar-refractivity contribution in [1.29, 1.82) is 0 Å². The lowest BCUT2D eigenvalue weighted by Gasteiger charge is -2.18. The predicted molar refractivity (Wildman–Crippen MR) is 125 cm³/mol. The SMILES string of the molecule is COc1ccc(CNC(=O)Nc2ccc3c(c2)N(C)C(=O)c2ccccc2S3)cc1OC. The highest BCUT2D eigenvalue weighted by Gasteiger charge is 2.24. The van der Waals surface area contributed by atoms with Gasteiger partial charge in [-0.15, -0.1) is 0 Å². The Hall–Kier alpha value is -3.65. The van der Waals surface area contributed by atoms with Crippen molar-refractivity contribution in [2.75, 3.05) is 31.5 Å². The van der Waals surface area contributed by atoms with Crippen molar-refractivity contribution in [2.24, 2.45) is 0 Å². The topological polar surface area (TPSA) is 79.9 Å². The highest BCUT2D eigenvalue weighted by atomic mass is 32.2. The van der Waals surface area contributed by atoms with Crippen LogP contribution in [0.4, 0.5) is 16.2 Å². The molecule has 7 nitrogen and oxygen atoms in total. The van der Waals surface area contributed by atoms with E-state index in [9.17, 15) is 9.59 Å². The minimum absolute atomic E-state index is 0.0816. The van der Waals surface area contributed by atoms with Crippen molar-refractivity contribution < 1.29 is 19.1 Å². The van der Waals surface area contributed by atoms with Crippen LogP contribution in [0.3, 0.4) is 0 Å². The molecule has 1 aliphatic rings. The summed E-state index contributed by atoms with van der Waals surface area (Å²) in [5.41, 5.74) is 2.88. The van der Waals surface area contributed by atoms with Gasteiger partial charge in [-0.2, -0.15) is 0 Å². The molecule has 0 aliphatic carbocycles. The third kappa shape index (κ3) is 4.36. The number of anilines is 2. The van der Waals surface area contributed by atoms with Gasteiger partial charge in [0.05, 0.1) is 25.5 Å². The molecule has 3 aromatic rings. The first-order valence-electron chi connectivity index (χ1n) is 9.95. The molecule has 1 aliphatic heterocycles. The van der Waals surface area contributed by atoms with Gasteiger partial charge >= 0.3 is 6.03 Å². The fourth-order valence-corrected chi connectivity index (χ4v) is 4.52. The Bertz CT molecular complexity index is 1180. The molecule has 32 heavy (non-hydrogen) atoms. The predicted octanol–water partition coefficient (Wildman–Crippen LogP) is 4.77. The summed E-state index contributed by atoms with van der Waals surface area (Å²) in [6.45, 7) is 0.320. The Balaban J connectivity index is 1.46. The van der Waals surface area contributed by atoms with Crippen LogP contribution in [-0.4, -0.2) is 33.2 Å². The summed E-state index contributed by atoms with van der Waals surface area (Å²) in [5.74, 6) is 1.15. The van der Waals surface area contributed by atoms with Crippen LogP contribution in [0.15, 0.2) is 70.5 Å². The van der Waals surface area contributed by atoms with Crippen molar-refractivity contribution in [1.82, 2.24) is 5.32 Å². The van der Waals surface area contributed by atoms with Crippen molar-refractivity contribution in [3.8, 4) is 11.5 Å². The second-order valence-corrected chi connectivity index (χ2v) is 8.23. The van der Waals surface area contributed by atoms with Crippen LogP contribution < -0.4 is 25.0 Å². The number of carbonyl (C=O) groups is 2. The minimum Gasteiger partial charge on any atom is -0.493 e. The van der Waals surface area contributed by atoms with Crippen LogP contribution >= 0.6 is 11.8 Å². The third-order valence-corrected chi connectivity index (χ3v) is 6.26. The van der Waals surface area contributed by atoms with Gasteiger partial charge in [0.25, 0.3) is 5.91 Å². The number of nitrogens with zero attached hydrogens (tertiary/aromatic N) is 1. The molecular formula is C24H23N3O4S. The molecule has 1 heterocycles. The highest BCUT2D eigenvalue weighted by Crippen LogP contribution is 2.41. The van der Waals surface area contributed by atoms with Crippen LogP contribution in [-0.2, 0) is 6.54 Å². The van der Waals surface area contributed by atoms with Crippen LogP contribution in [0.2, 0.25) is 0 Å². The van der Waals surface area contributed by atoms with Crippen LogP contribution in [0.1, 0.15) is 15.9 Å². The number of benzene rings is 3. The number of hydrogen-bond donors (Lipinski definition) is 2. The monoisotopic (exact) mass is 449 g/mol. The molecule has 0 saturated heterocycles. The first-order chi connectivity index (χ1) is 15.5. The fraction of sp³-hybridized carbons (Fsp3) is 0.167. The Morgan fingerprint density at radius 2 is 1.75 bits per heavy atom. The molecule has 3 amide bonds. The van der Waals surface area contributed by atoms with E-state index in [0.717, 1.165) is 21.0 Å². The maximum absolute atomic E-state index is 12.9. The van der Waals surface area contributed by atoms with E-state index in [4.69, 9.17) is 9.47 Å². The molecule has 2 N–H and O–H groups in total. The van der Waals surface area contributed by atoms with Crippen molar-refractivity contribution in [2.45, 2.75) is 16.3 Å². The second-order valence-electron chi connectivity index (χ2n) is 7.14. The van der Waals surface area contributed by atoms with Gasteiger partial charge in [0.15, 0.2) is 11.5 Å². The molecule has 0 aromatic heterocycles. The number of carbonyl (C=O) groups excluding carboxylic acids is 2. The molecule has 0 bridgehead atoms. The second kappa shape index (κ2) is 9.23. The van der Waals surface area contributed by atoms with Crippen molar-refractivity contribution in [3.05, 3.63) is 71.8 Å². The van der Waals surface area contributed by atoms with E-state index in [0.29, 0.717) is 29.3 Å². The number of ether oxygens (including phenoxy) is 2. The molecule has 0 radical (unpaired) electrons. The van der Waals surface area contributed by atoms with Gasteiger partial charge in [0.1, 0.15) is 0 Å². The Morgan fingerprint density at radius 1 is 0.969 bits per heavy atom. The number of urea groups is 1. The summed E-state index contributed by atoms with van der Waals surface area (Å²) in [6, 6.07) is 18.2. The van der Waals surface area contributed by atoms with E-state index in [1.165, 1.54) is 11.8 Å². The van der Waals surface area contributed by atoms with Gasteiger partial charge in [-0.25, -0.2) is 4.79 Å². The van der Waals surface area contributed by atoms with Crippen LogP contribution in [0.25, 0.3) is 0 Å². The Labute approximate surface area is 190 Å². The maximum atomic E-state index is 12.9. The third-order valence-electron chi connectivity index (χ3n) is 5.12. The zero-order chi connectivity index (χ0) is 22.7. The number of methoxy groups -OCH3 is 2. The molecule has 0 unspecified atom stereocenters. The fourth-order valence-electron chi connectivity index (χ4n) is 3.43. The zero-order valence-electron chi connectivity index (χ0n) is 18.0. The highest BCUT2D eigenvalue weighted by molar-refractivity contribution is 7.99. The first-order valence-corrected chi connectivity index (χ1v) is 10.8. The first kappa shape index (κ1) is 21.6. The number of fused-ring (bicyclic) bond motifs is 2. The summed E-state index contributed by atoms with van der Waals surface area (Å²) < 4.78 is 10.5. The van der Waals surface area contributed by atoms with E-state index in [1.54, 1.807) is 32.2 Å². The molecule has 0 fully saturated rings. The molecule has 4 rings (SSSR count). The largest absolute Gasteiger partial charge is 0.493 e. The van der Waals surface area contributed by atoms with Crippen LogP contribution in [0.5, 0.6) is 11.5 Å². The van der Waals surface area contributed by atoms with E-state index < -0.39 is 0 Å². The molecule has 0 spiro atoms.